The van der Waals surface area contributed by atoms with Gasteiger partial charge in [0.15, 0.2) is 5.78 Å². The van der Waals surface area contributed by atoms with E-state index in [1.807, 2.05) is 31.2 Å². The fraction of sp³-hybridized carbons (Fsp3) is 0.261. The number of hydrogen-bond donors (Lipinski definition) is 3. The Hall–Kier alpha value is -3.27. The van der Waals surface area contributed by atoms with E-state index in [0.29, 0.717) is 18.4 Å². The Labute approximate surface area is 170 Å². The van der Waals surface area contributed by atoms with Gasteiger partial charge in [-0.1, -0.05) is 30.9 Å². The number of benzene rings is 2. The van der Waals surface area contributed by atoms with E-state index in [1.54, 1.807) is 24.3 Å². The molecule has 29 heavy (non-hydrogen) atoms. The molecule has 0 aliphatic heterocycles. The zero-order valence-electron chi connectivity index (χ0n) is 16.3. The molecule has 0 heterocycles. The number of ketones is 2. The Morgan fingerprint density at radius 2 is 1.76 bits per heavy atom. The van der Waals surface area contributed by atoms with Crippen LogP contribution in [0.3, 0.4) is 0 Å². The summed E-state index contributed by atoms with van der Waals surface area (Å²) >= 11 is 0. The van der Waals surface area contributed by atoms with Gasteiger partial charge in [-0.15, -0.1) is 0 Å². The Bertz CT molecular complexity index is 939. The van der Waals surface area contributed by atoms with Gasteiger partial charge in [-0.25, -0.2) is 0 Å². The average Bonchev–Trinajstić information content (AvgIpc) is 2.75. The van der Waals surface area contributed by atoms with Crippen LogP contribution in [-0.2, 0) is 16.0 Å². The first-order valence-electron chi connectivity index (χ1n) is 9.34. The van der Waals surface area contributed by atoms with Gasteiger partial charge in [0.25, 0.3) is 5.91 Å². The van der Waals surface area contributed by atoms with Crippen LogP contribution in [0, 0.1) is 11.8 Å². The number of Topliss-reactive ketones (excluding diaryl/α,β-unsaturated/α-hetero) is 2. The first-order valence-corrected chi connectivity index (χ1v) is 9.34. The molecule has 0 radical (unpaired) electrons. The topological polar surface area (TPSA) is 109 Å². The number of nitrogens with one attached hydrogen (secondary N) is 1. The van der Waals surface area contributed by atoms with E-state index < -0.39 is 24.3 Å². The zero-order chi connectivity index (χ0) is 21.2. The molecule has 2 rings (SSSR count). The van der Waals surface area contributed by atoms with Crippen molar-refractivity contribution in [2.75, 3.05) is 13.2 Å². The second kappa shape index (κ2) is 10.9. The van der Waals surface area contributed by atoms with E-state index in [1.165, 1.54) is 0 Å². The van der Waals surface area contributed by atoms with Crippen LogP contribution in [0.5, 0.6) is 0 Å². The van der Waals surface area contributed by atoms with Crippen molar-refractivity contribution in [3.05, 3.63) is 70.8 Å². The van der Waals surface area contributed by atoms with Crippen LogP contribution in [0.15, 0.2) is 48.5 Å². The SMILES string of the molecule is CCC(=O)Cc1cccc(C#Cc2ccc(C(=O)N[C@@H](CN)C(=O)CO)cc2)c1. The number of carbonyl (C=O) groups is 3. The molecule has 2 aromatic rings. The van der Waals surface area contributed by atoms with Gasteiger partial charge < -0.3 is 16.2 Å². The van der Waals surface area contributed by atoms with E-state index >= 15 is 0 Å². The number of aliphatic hydroxyl groups excluding tert-OH is 1. The highest BCUT2D eigenvalue weighted by Crippen LogP contribution is 2.08. The lowest BCUT2D eigenvalue weighted by molar-refractivity contribution is -0.123. The maximum absolute atomic E-state index is 12.2. The van der Waals surface area contributed by atoms with E-state index in [2.05, 4.69) is 17.2 Å². The quantitative estimate of drug-likeness (QED) is 0.586. The minimum atomic E-state index is -0.918. The largest absolute Gasteiger partial charge is 0.388 e. The van der Waals surface area contributed by atoms with E-state index in [4.69, 9.17) is 10.8 Å². The summed E-state index contributed by atoms with van der Waals surface area (Å²) in [6.07, 6.45) is 0.911. The maximum Gasteiger partial charge on any atom is 0.251 e. The molecular weight excluding hydrogens is 368 g/mol. The van der Waals surface area contributed by atoms with E-state index in [0.717, 1.165) is 16.7 Å². The van der Waals surface area contributed by atoms with Gasteiger partial charge in [0.1, 0.15) is 18.4 Å². The Morgan fingerprint density at radius 1 is 1.07 bits per heavy atom. The first-order chi connectivity index (χ1) is 14.0. The average molecular weight is 392 g/mol. The van der Waals surface area contributed by atoms with Gasteiger partial charge in [-0.05, 0) is 42.0 Å². The van der Waals surface area contributed by atoms with Crippen molar-refractivity contribution in [3.8, 4) is 11.8 Å². The van der Waals surface area contributed by atoms with Gasteiger partial charge in [0, 0.05) is 36.1 Å². The zero-order valence-corrected chi connectivity index (χ0v) is 16.3. The third-order valence-corrected chi connectivity index (χ3v) is 4.31. The molecule has 0 bridgehead atoms. The predicted molar refractivity (Wildman–Crippen MR) is 110 cm³/mol. The van der Waals surface area contributed by atoms with Gasteiger partial charge >= 0.3 is 0 Å². The number of aliphatic hydroxyl groups is 1. The maximum atomic E-state index is 12.2. The van der Waals surface area contributed by atoms with Gasteiger partial charge in [-0.3, -0.25) is 14.4 Å². The highest BCUT2D eigenvalue weighted by atomic mass is 16.3. The van der Waals surface area contributed by atoms with Crippen LogP contribution >= 0.6 is 0 Å². The van der Waals surface area contributed by atoms with Crippen molar-refractivity contribution < 1.29 is 19.5 Å². The lowest BCUT2D eigenvalue weighted by Gasteiger charge is -2.14. The van der Waals surface area contributed by atoms with Gasteiger partial charge in [0.05, 0.1) is 0 Å². The van der Waals surface area contributed by atoms with Crippen LogP contribution in [0.4, 0.5) is 0 Å². The van der Waals surface area contributed by atoms with Gasteiger partial charge in [0.2, 0.25) is 0 Å². The van der Waals surface area contributed by atoms with Crippen LogP contribution in [0.1, 0.15) is 40.4 Å². The summed E-state index contributed by atoms with van der Waals surface area (Å²) in [5.74, 6) is 5.28. The molecule has 0 saturated carbocycles. The summed E-state index contributed by atoms with van der Waals surface area (Å²) in [6.45, 7) is 1.08. The molecule has 150 valence electrons. The molecule has 2 aromatic carbocycles. The fourth-order valence-corrected chi connectivity index (χ4v) is 2.58. The minimum Gasteiger partial charge on any atom is -0.388 e. The number of hydrogen-bond acceptors (Lipinski definition) is 5. The lowest BCUT2D eigenvalue weighted by Crippen LogP contribution is -2.46. The van der Waals surface area contributed by atoms with Crippen molar-refractivity contribution in [2.45, 2.75) is 25.8 Å². The third-order valence-electron chi connectivity index (χ3n) is 4.31. The van der Waals surface area contributed by atoms with Gasteiger partial charge in [-0.2, -0.15) is 0 Å². The fourth-order valence-electron chi connectivity index (χ4n) is 2.58. The molecule has 1 atom stereocenters. The van der Waals surface area contributed by atoms with Crippen molar-refractivity contribution in [1.82, 2.24) is 5.32 Å². The second-order valence-corrected chi connectivity index (χ2v) is 6.48. The lowest BCUT2D eigenvalue weighted by atomic mass is 10.0. The molecule has 0 aromatic heterocycles. The van der Waals surface area contributed by atoms with Crippen LogP contribution in [-0.4, -0.2) is 41.8 Å². The normalized spacial score (nSPS) is 11.1. The highest BCUT2D eigenvalue weighted by molar-refractivity contribution is 5.98. The third kappa shape index (κ3) is 6.68. The van der Waals surface area contributed by atoms with E-state index in [-0.39, 0.29) is 12.3 Å². The number of amides is 1. The van der Waals surface area contributed by atoms with Crippen LogP contribution in [0.2, 0.25) is 0 Å². The highest BCUT2D eigenvalue weighted by Gasteiger charge is 2.18. The molecule has 0 unspecified atom stereocenters. The number of rotatable bonds is 8. The molecule has 6 heteroatoms. The Balaban J connectivity index is 2.06. The predicted octanol–water partition coefficient (Wildman–Crippen LogP) is 1.23. The van der Waals surface area contributed by atoms with Crippen LogP contribution in [0.25, 0.3) is 0 Å². The Kier molecular flexibility index (Phi) is 8.28. The molecular formula is C23H24N2O4. The summed E-state index contributed by atoms with van der Waals surface area (Å²) in [4.78, 5) is 35.3. The number of nitrogens with two attached hydrogens (primary N) is 1. The summed E-state index contributed by atoms with van der Waals surface area (Å²) in [7, 11) is 0. The number of carbonyl (C=O) groups excluding carboxylic acids is 3. The molecule has 0 fully saturated rings. The van der Waals surface area contributed by atoms with Crippen molar-refractivity contribution in [3.63, 3.8) is 0 Å². The van der Waals surface area contributed by atoms with E-state index in [9.17, 15) is 14.4 Å². The van der Waals surface area contributed by atoms with Crippen molar-refractivity contribution in [2.24, 2.45) is 5.73 Å². The molecule has 1 amide bonds. The second-order valence-electron chi connectivity index (χ2n) is 6.48. The smallest absolute Gasteiger partial charge is 0.251 e. The Morgan fingerprint density at radius 3 is 2.38 bits per heavy atom. The summed E-state index contributed by atoms with van der Waals surface area (Å²) in [5, 5.41) is 11.4. The molecule has 0 aliphatic rings. The summed E-state index contributed by atoms with van der Waals surface area (Å²) in [5.41, 5.74) is 8.28. The standard InChI is InChI=1S/C23H24N2O4/c1-2-20(27)13-18-5-3-4-17(12-18)7-6-16-8-10-19(11-9-16)23(29)25-21(14-24)22(28)15-26/h3-5,8-12,21,26H,2,13-15,24H2,1H3,(H,25,29)/t21-/m0/s1. The minimum absolute atomic E-state index is 0.0857. The monoisotopic (exact) mass is 392 g/mol. The van der Waals surface area contributed by atoms with Crippen LogP contribution < -0.4 is 11.1 Å². The molecule has 0 aliphatic carbocycles. The van der Waals surface area contributed by atoms with Crippen molar-refractivity contribution in [1.29, 1.82) is 0 Å². The molecule has 0 spiro atoms. The molecule has 4 N–H and O–H groups in total. The molecule has 0 saturated heterocycles. The summed E-state index contributed by atoms with van der Waals surface area (Å²) < 4.78 is 0. The first kappa shape index (κ1) is 22.0. The van der Waals surface area contributed by atoms with Crippen molar-refractivity contribution >= 4 is 17.5 Å². The molecule has 6 nitrogen and oxygen atoms in total. The summed E-state index contributed by atoms with van der Waals surface area (Å²) in [6, 6.07) is 13.3.